The number of hydrogen-bond donors (Lipinski definition) is 1. The number of rotatable bonds is 8. The Labute approximate surface area is 163 Å². The van der Waals surface area contributed by atoms with Crippen LogP contribution in [0, 0.1) is 5.92 Å². The Morgan fingerprint density at radius 2 is 2.00 bits per heavy atom. The van der Waals surface area contributed by atoms with Crippen molar-refractivity contribution < 1.29 is 14.6 Å². The standard InChI is InChI=1S/C21H23ClN2O3/c1-3-14(4-2)13-27-20-8-6-18(22)10-17(20)12-24-19-7-5-15(21(25)26)9-16(19)11-23-24/h5-11,14H,3-4,12-13H2,1-2H3,(H,25,26). The predicted octanol–water partition coefficient (Wildman–Crippen LogP) is 5.25. The van der Waals surface area contributed by atoms with Crippen molar-refractivity contribution in [3.8, 4) is 5.75 Å². The quantitative estimate of drug-likeness (QED) is 0.574. The van der Waals surface area contributed by atoms with E-state index in [1.165, 1.54) is 0 Å². The minimum Gasteiger partial charge on any atom is -0.493 e. The summed E-state index contributed by atoms with van der Waals surface area (Å²) in [5, 5.41) is 15.0. The summed E-state index contributed by atoms with van der Waals surface area (Å²) in [7, 11) is 0. The lowest BCUT2D eigenvalue weighted by molar-refractivity contribution is 0.0697. The summed E-state index contributed by atoms with van der Waals surface area (Å²) < 4.78 is 7.90. The fourth-order valence-corrected chi connectivity index (χ4v) is 3.25. The third-order valence-corrected chi connectivity index (χ3v) is 5.10. The van der Waals surface area contributed by atoms with Crippen LogP contribution in [0.15, 0.2) is 42.6 Å². The second-order valence-corrected chi connectivity index (χ2v) is 7.06. The van der Waals surface area contributed by atoms with Crippen molar-refractivity contribution in [2.24, 2.45) is 5.92 Å². The fraction of sp³-hybridized carbons (Fsp3) is 0.333. The monoisotopic (exact) mass is 386 g/mol. The molecule has 3 rings (SSSR count). The molecule has 2 aromatic carbocycles. The van der Waals surface area contributed by atoms with Crippen LogP contribution in [0.25, 0.3) is 10.9 Å². The Hall–Kier alpha value is -2.53. The summed E-state index contributed by atoms with van der Waals surface area (Å²) in [5.41, 5.74) is 2.06. The summed E-state index contributed by atoms with van der Waals surface area (Å²) in [5.74, 6) is 0.377. The van der Waals surface area contributed by atoms with Crippen LogP contribution in [0.4, 0.5) is 0 Å². The average molecular weight is 387 g/mol. The van der Waals surface area contributed by atoms with E-state index in [4.69, 9.17) is 21.4 Å². The molecule has 142 valence electrons. The molecule has 5 nitrogen and oxygen atoms in total. The van der Waals surface area contributed by atoms with Crippen LogP contribution in [0.1, 0.15) is 42.6 Å². The molecule has 0 radical (unpaired) electrons. The Morgan fingerprint density at radius 3 is 2.70 bits per heavy atom. The van der Waals surface area contributed by atoms with Crippen molar-refractivity contribution in [1.29, 1.82) is 0 Å². The van der Waals surface area contributed by atoms with Gasteiger partial charge in [0.2, 0.25) is 0 Å². The van der Waals surface area contributed by atoms with Gasteiger partial charge < -0.3 is 9.84 Å². The van der Waals surface area contributed by atoms with Crippen molar-refractivity contribution in [3.63, 3.8) is 0 Å². The van der Waals surface area contributed by atoms with E-state index >= 15 is 0 Å². The van der Waals surface area contributed by atoms with Gasteiger partial charge in [0.1, 0.15) is 5.75 Å². The van der Waals surface area contributed by atoms with Gasteiger partial charge >= 0.3 is 5.97 Å². The highest BCUT2D eigenvalue weighted by molar-refractivity contribution is 6.30. The lowest BCUT2D eigenvalue weighted by Crippen LogP contribution is -2.12. The molecule has 27 heavy (non-hydrogen) atoms. The molecule has 0 aliphatic heterocycles. The van der Waals surface area contributed by atoms with Crippen molar-refractivity contribution in [3.05, 3.63) is 58.7 Å². The normalized spacial score (nSPS) is 11.3. The van der Waals surface area contributed by atoms with Crippen LogP contribution < -0.4 is 4.74 Å². The second kappa shape index (κ2) is 8.44. The zero-order chi connectivity index (χ0) is 19.4. The van der Waals surface area contributed by atoms with Crippen LogP contribution in [0.5, 0.6) is 5.75 Å². The van der Waals surface area contributed by atoms with Gasteiger partial charge in [0.05, 0.1) is 30.4 Å². The van der Waals surface area contributed by atoms with Crippen LogP contribution in [-0.4, -0.2) is 27.5 Å². The molecule has 0 bridgehead atoms. The minimum absolute atomic E-state index is 0.249. The number of hydrogen-bond acceptors (Lipinski definition) is 3. The maximum Gasteiger partial charge on any atom is 0.335 e. The van der Waals surface area contributed by atoms with E-state index in [-0.39, 0.29) is 5.56 Å². The SMILES string of the molecule is CCC(CC)COc1ccc(Cl)cc1Cn1ncc2cc(C(=O)O)ccc21. The highest BCUT2D eigenvalue weighted by Crippen LogP contribution is 2.26. The van der Waals surface area contributed by atoms with Crippen LogP contribution in [0.2, 0.25) is 5.02 Å². The maximum atomic E-state index is 11.1. The summed E-state index contributed by atoms with van der Waals surface area (Å²) in [6.07, 6.45) is 3.83. The van der Waals surface area contributed by atoms with Crippen LogP contribution >= 0.6 is 11.6 Å². The number of benzene rings is 2. The number of carboxylic acids is 1. The van der Waals surface area contributed by atoms with Gasteiger partial charge in [0.25, 0.3) is 0 Å². The van der Waals surface area contributed by atoms with Gasteiger partial charge in [-0.15, -0.1) is 0 Å². The van der Waals surface area contributed by atoms with E-state index in [0.717, 1.165) is 35.1 Å². The fourth-order valence-electron chi connectivity index (χ4n) is 3.05. The Bertz CT molecular complexity index is 948. The first-order chi connectivity index (χ1) is 13.0. The summed E-state index contributed by atoms with van der Waals surface area (Å²) in [4.78, 5) is 11.1. The molecule has 0 saturated carbocycles. The van der Waals surface area contributed by atoms with Gasteiger partial charge in [-0.2, -0.15) is 5.10 Å². The average Bonchev–Trinajstić information content (AvgIpc) is 3.06. The second-order valence-electron chi connectivity index (χ2n) is 6.63. The van der Waals surface area contributed by atoms with E-state index in [2.05, 4.69) is 18.9 Å². The molecule has 0 aliphatic rings. The van der Waals surface area contributed by atoms with E-state index in [9.17, 15) is 4.79 Å². The van der Waals surface area contributed by atoms with E-state index < -0.39 is 5.97 Å². The van der Waals surface area contributed by atoms with Gasteiger partial charge in [-0.3, -0.25) is 4.68 Å². The third-order valence-electron chi connectivity index (χ3n) is 4.86. The first-order valence-electron chi connectivity index (χ1n) is 9.11. The zero-order valence-electron chi connectivity index (χ0n) is 15.5. The van der Waals surface area contributed by atoms with Gasteiger partial charge in [0.15, 0.2) is 0 Å². The summed E-state index contributed by atoms with van der Waals surface area (Å²) in [6.45, 7) is 5.50. The molecule has 0 fully saturated rings. The van der Waals surface area contributed by atoms with Crippen molar-refractivity contribution in [2.45, 2.75) is 33.2 Å². The number of carbonyl (C=O) groups is 1. The maximum absolute atomic E-state index is 11.1. The highest BCUT2D eigenvalue weighted by atomic mass is 35.5. The molecule has 1 heterocycles. The van der Waals surface area contributed by atoms with E-state index in [0.29, 0.717) is 24.1 Å². The van der Waals surface area contributed by atoms with E-state index in [1.54, 1.807) is 24.4 Å². The first kappa shape index (κ1) is 19.2. The molecular formula is C21H23ClN2O3. The van der Waals surface area contributed by atoms with Crippen molar-refractivity contribution in [2.75, 3.05) is 6.61 Å². The molecule has 0 spiro atoms. The number of fused-ring (bicyclic) bond motifs is 1. The van der Waals surface area contributed by atoms with Gasteiger partial charge in [-0.05, 0) is 42.3 Å². The molecule has 0 saturated heterocycles. The predicted molar refractivity (Wildman–Crippen MR) is 107 cm³/mol. The number of aromatic carboxylic acids is 1. The molecule has 3 aromatic rings. The van der Waals surface area contributed by atoms with Crippen LogP contribution in [0.3, 0.4) is 0 Å². The lowest BCUT2D eigenvalue weighted by Gasteiger charge is -2.17. The zero-order valence-corrected chi connectivity index (χ0v) is 16.2. The molecule has 0 unspecified atom stereocenters. The number of halogens is 1. The van der Waals surface area contributed by atoms with Crippen molar-refractivity contribution >= 4 is 28.5 Å². The number of carboxylic acid groups (broad SMARTS) is 1. The summed E-state index contributed by atoms with van der Waals surface area (Å²) >= 11 is 6.20. The lowest BCUT2D eigenvalue weighted by atomic mass is 10.1. The minimum atomic E-state index is -0.948. The molecule has 0 amide bonds. The van der Waals surface area contributed by atoms with Gasteiger partial charge in [-0.1, -0.05) is 38.3 Å². The Balaban J connectivity index is 1.87. The number of ether oxygens (including phenoxy) is 1. The summed E-state index contributed by atoms with van der Waals surface area (Å²) in [6, 6.07) is 10.6. The number of nitrogens with zero attached hydrogens (tertiary/aromatic N) is 2. The van der Waals surface area contributed by atoms with Crippen LogP contribution in [-0.2, 0) is 6.54 Å². The Morgan fingerprint density at radius 1 is 1.22 bits per heavy atom. The van der Waals surface area contributed by atoms with Gasteiger partial charge in [-0.25, -0.2) is 4.79 Å². The number of aromatic nitrogens is 2. The largest absolute Gasteiger partial charge is 0.493 e. The topological polar surface area (TPSA) is 64.4 Å². The molecule has 6 heteroatoms. The smallest absolute Gasteiger partial charge is 0.335 e. The molecule has 0 aliphatic carbocycles. The van der Waals surface area contributed by atoms with Gasteiger partial charge in [0, 0.05) is 16.0 Å². The first-order valence-corrected chi connectivity index (χ1v) is 9.49. The molecule has 1 N–H and O–H groups in total. The Kier molecular flexibility index (Phi) is 6.01. The molecule has 1 aromatic heterocycles. The third kappa shape index (κ3) is 4.42. The molecule has 0 atom stereocenters. The highest BCUT2D eigenvalue weighted by Gasteiger charge is 2.12. The van der Waals surface area contributed by atoms with Crippen molar-refractivity contribution in [1.82, 2.24) is 9.78 Å². The van der Waals surface area contributed by atoms with E-state index in [1.807, 2.05) is 22.9 Å². The molecular weight excluding hydrogens is 364 g/mol.